The molecule has 0 spiro atoms. The Balaban J connectivity index is 1.64. The zero-order chi connectivity index (χ0) is 21.7. The van der Waals surface area contributed by atoms with Crippen molar-refractivity contribution in [3.05, 3.63) is 82.8 Å². The second kappa shape index (κ2) is 8.91. The van der Waals surface area contributed by atoms with Crippen LogP contribution in [0.15, 0.2) is 60.0 Å². The molecular formula is C21H23N5O3S. The molecule has 0 aliphatic carbocycles. The summed E-state index contributed by atoms with van der Waals surface area (Å²) < 4.78 is 28.8. The first-order valence-electron chi connectivity index (χ1n) is 9.21. The number of benzene rings is 2. The number of carbonyl (C=O) groups excluding carboxylic acids is 1. The Morgan fingerprint density at radius 3 is 2.37 bits per heavy atom. The van der Waals surface area contributed by atoms with E-state index in [0.29, 0.717) is 23.6 Å². The quantitative estimate of drug-likeness (QED) is 0.628. The van der Waals surface area contributed by atoms with Crippen LogP contribution in [0, 0.1) is 6.92 Å². The minimum absolute atomic E-state index is 0.200. The van der Waals surface area contributed by atoms with Gasteiger partial charge in [-0.3, -0.25) is 9.52 Å². The van der Waals surface area contributed by atoms with E-state index in [2.05, 4.69) is 14.9 Å². The smallest absolute Gasteiger partial charge is 0.255 e. The average molecular weight is 426 g/mol. The number of nitrogens with one attached hydrogen (secondary N) is 1. The van der Waals surface area contributed by atoms with Crippen LogP contribution >= 0.6 is 0 Å². The Morgan fingerprint density at radius 2 is 1.77 bits per heavy atom. The molecule has 0 bridgehead atoms. The van der Waals surface area contributed by atoms with Gasteiger partial charge in [-0.15, -0.1) is 10.2 Å². The average Bonchev–Trinajstić information content (AvgIpc) is 3.05. The first-order chi connectivity index (χ1) is 14.2. The summed E-state index contributed by atoms with van der Waals surface area (Å²) in [4.78, 5) is 14.2. The first kappa shape index (κ1) is 21.3. The van der Waals surface area contributed by atoms with Crippen molar-refractivity contribution in [2.45, 2.75) is 13.5 Å². The number of nitrogens with zero attached hydrogens (tertiary/aromatic N) is 4. The summed E-state index contributed by atoms with van der Waals surface area (Å²) in [6, 6.07) is 15.4. The minimum Gasteiger partial charge on any atom is -0.334 e. The molecule has 2 aromatic carbocycles. The Morgan fingerprint density at radius 1 is 1.10 bits per heavy atom. The predicted octanol–water partition coefficient (Wildman–Crippen LogP) is 2.81. The molecule has 0 radical (unpaired) electrons. The number of rotatable bonds is 7. The van der Waals surface area contributed by atoms with Crippen molar-refractivity contribution in [3.63, 3.8) is 0 Å². The molecule has 0 fully saturated rings. The van der Waals surface area contributed by atoms with Gasteiger partial charge in [-0.2, -0.15) is 0 Å². The third kappa shape index (κ3) is 5.32. The van der Waals surface area contributed by atoms with Crippen molar-refractivity contribution in [3.8, 4) is 0 Å². The molecule has 3 rings (SSSR count). The van der Waals surface area contributed by atoms with E-state index in [-0.39, 0.29) is 5.91 Å². The molecule has 9 heteroatoms. The van der Waals surface area contributed by atoms with Gasteiger partial charge in [-0.25, -0.2) is 8.42 Å². The third-order valence-electron chi connectivity index (χ3n) is 4.54. The Bertz CT molecular complexity index is 1150. The topological polar surface area (TPSA) is 97.2 Å². The summed E-state index contributed by atoms with van der Waals surface area (Å²) in [5.74, 6) is 1.25. The van der Waals surface area contributed by atoms with Crippen molar-refractivity contribution < 1.29 is 13.2 Å². The number of sulfonamides is 1. The predicted molar refractivity (Wildman–Crippen MR) is 116 cm³/mol. The van der Waals surface area contributed by atoms with Crippen LogP contribution in [0.5, 0.6) is 0 Å². The van der Waals surface area contributed by atoms with Gasteiger partial charge in [0.25, 0.3) is 15.9 Å². The summed E-state index contributed by atoms with van der Waals surface area (Å²) in [6.07, 6.45) is 1.52. The number of carbonyl (C=O) groups is 1. The Labute approximate surface area is 175 Å². The van der Waals surface area contributed by atoms with Gasteiger partial charge < -0.3 is 9.47 Å². The first-order valence-corrected chi connectivity index (χ1v) is 10.8. The zero-order valence-corrected chi connectivity index (χ0v) is 17.8. The fourth-order valence-corrected chi connectivity index (χ4v) is 3.57. The molecule has 0 saturated heterocycles. The molecule has 1 aromatic heterocycles. The summed E-state index contributed by atoms with van der Waals surface area (Å²) in [7, 11) is -0.148. The van der Waals surface area contributed by atoms with Gasteiger partial charge in [-0.05, 0) is 42.8 Å². The van der Waals surface area contributed by atoms with Crippen LogP contribution in [0.4, 0.5) is 5.69 Å². The lowest BCUT2D eigenvalue weighted by atomic mass is 10.2. The van der Waals surface area contributed by atoms with Crippen LogP contribution < -0.4 is 4.72 Å². The highest BCUT2D eigenvalue weighted by atomic mass is 32.2. The van der Waals surface area contributed by atoms with E-state index in [9.17, 15) is 13.2 Å². The van der Waals surface area contributed by atoms with Gasteiger partial charge in [0.2, 0.25) is 0 Å². The maximum atomic E-state index is 12.6. The molecule has 1 heterocycles. The number of aryl methyl sites for hydroxylation is 1. The van der Waals surface area contributed by atoms with Crippen LogP contribution in [-0.4, -0.2) is 41.0 Å². The van der Waals surface area contributed by atoms with Crippen molar-refractivity contribution in [2.24, 2.45) is 7.05 Å². The number of amides is 1. The fraction of sp³-hybridized carbons (Fsp3) is 0.190. The van der Waals surface area contributed by atoms with Gasteiger partial charge in [0.05, 0.1) is 12.0 Å². The zero-order valence-electron chi connectivity index (χ0n) is 17.0. The molecule has 0 atom stereocenters. The van der Waals surface area contributed by atoms with Crippen LogP contribution in [0.2, 0.25) is 0 Å². The van der Waals surface area contributed by atoms with Crippen LogP contribution in [0.25, 0.3) is 6.08 Å². The highest BCUT2D eigenvalue weighted by Crippen LogP contribution is 2.15. The second-order valence-corrected chi connectivity index (χ2v) is 8.39. The van der Waals surface area contributed by atoms with E-state index in [0.717, 1.165) is 16.8 Å². The molecule has 1 amide bonds. The molecule has 30 heavy (non-hydrogen) atoms. The van der Waals surface area contributed by atoms with Gasteiger partial charge in [0.15, 0.2) is 5.82 Å². The van der Waals surface area contributed by atoms with Crippen molar-refractivity contribution in [2.75, 3.05) is 11.8 Å². The van der Waals surface area contributed by atoms with E-state index >= 15 is 0 Å². The van der Waals surface area contributed by atoms with Gasteiger partial charge in [0, 0.05) is 25.3 Å². The number of aromatic nitrogens is 3. The fourth-order valence-electron chi connectivity index (χ4n) is 2.70. The molecule has 3 aromatic rings. The van der Waals surface area contributed by atoms with E-state index in [1.807, 2.05) is 48.9 Å². The van der Waals surface area contributed by atoms with Crippen LogP contribution in [-0.2, 0) is 23.6 Å². The maximum absolute atomic E-state index is 12.6. The van der Waals surface area contributed by atoms with Crippen LogP contribution in [0.1, 0.15) is 27.6 Å². The number of hydrogen-bond acceptors (Lipinski definition) is 5. The van der Waals surface area contributed by atoms with Gasteiger partial charge >= 0.3 is 0 Å². The summed E-state index contributed by atoms with van der Waals surface area (Å²) in [5.41, 5.74) is 1.60. The summed E-state index contributed by atoms with van der Waals surface area (Å²) in [5, 5.41) is 9.16. The van der Waals surface area contributed by atoms with E-state index in [1.54, 1.807) is 31.3 Å². The molecule has 0 saturated carbocycles. The van der Waals surface area contributed by atoms with Gasteiger partial charge in [0.1, 0.15) is 5.82 Å². The standard InChI is InChI=1S/C21H23N5O3S/c1-16-22-23-20(26(16)3)15-25(2)21(27)18-9-11-19(12-10-18)24-30(28,29)14-13-17-7-5-4-6-8-17/h4-14,24H,15H2,1-3H3/b14-13+. The van der Waals surface area contributed by atoms with Crippen molar-refractivity contribution in [1.82, 2.24) is 19.7 Å². The van der Waals surface area contributed by atoms with Gasteiger partial charge in [-0.1, -0.05) is 30.3 Å². The number of anilines is 1. The minimum atomic E-state index is -3.67. The Hall–Kier alpha value is -3.46. The normalized spacial score (nSPS) is 11.6. The lowest BCUT2D eigenvalue weighted by Gasteiger charge is -2.17. The largest absolute Gasteiger partial charge is 0.334 e. The highest BCUT2D eigenvalue weighted by Gasteiger charge is 2.15. The van der Waals surface area contributed by atoms with E-state index in [1.165, 1.54) is 11.0 Å². The van der Waals surface area contributed by atoms with Crippen LogP contribution in [0.3, 0.4) is 0 Å². The summed E-state index contributed by atoms with van der Waals surface area (Å²) in [6.45, 7) is 2.15. The maximum Gasteiger partial charge on any atom is 0.255 e. The lowest BCUT2D eigenvalue weighted by molar-refractivity contribution is 0.0780. The molecule has 1 N–H and O–H groups in total. The lowest BCUT2D eigenvalue weighted by Crippen LogP contribution is -2.27. The van der Waals surface area contributed by atoms with Crippen molar-refractivity contribution in [1.29, 1.82) is 0 Å². The molecule has 0 unspecified atom stereocenters. The third-order valence-corrected chi connectivity index (χ3v) is 5.55. The van der Waals surface area contributed by atoms with E-state index < -0.39 is 10.0 Å². The molecule has 156 valence electrons. The highest BCUT2D eigenvalue weighted by molar-refractivity contribution is 7.95. The molecular weight excluding hydrogens is 402 g/mol. The SMILES string of the molecule is Cc1nnc(CN(C)C(=O)c2ccc(NS(=O)(=O)/C=C/c3ccccc3)cc2)n1C. The Kier molecular flexibility index (Phi) is 6.31. The molecule has 0 aliphatic rings. The summed E-state index contributed by atoms with van der Waals surface area (Å²) >= 11 is 0. The number of hydrogen-bond donors (Lipinski definition) is 1. The molecule has 0 aliphatic heterocycles. The molecule has 8 nitrogen and oxygen atoms in total. The van der Waals surface area contributed by atoms with E-state index in [4.69, 9.17) is 0 Å². The monoisotopic (exact) mass is 425 g/mol. The van der Waals surface area contributed by atoms with Crippen molar-refractivity contribution >= 4 is 27.7 Å². The second-order valence-electron chi connectivity index (χ2n) is 6.82.